The highest BCUT2D eigenvalue weighted by molar-refractivity contribution is 5.86. The molecule has 1 atom stereocenters. The lowest BCUT2D eigenvalue weighted by Crippen LogP contribution is -2.28. The number of rotatable bonds is 5. The summed E-state index contributed by atoms with van der Waals surface area (Å²) in [4.78, 5) is 23.9. The molecule has 1 aliphatic rings. The lowest BCUT2D eigenvalue weighted by Gasteiger charge is -2.15. The van der Waals surface area contributed by atoms with Crippen LogP contribution in [0.4, 0.5) is 0 Å². The fourth-order valence-corrected chi connectivity index (χ4v) is 2.01. The van der Waals surface area contributed by atoms with Crippen molar-refractivity contribution in [1.29, 1.82) is 0 Å². The van der Waals surface area contributed by atoms with Gasteiger partial charge in [0.2, 0.25) is 5.91 Å². The lowest BCUT2D eigenvalue weighted by atomic mass is 10.1. The van der Waals surface area contributed by atoms with E-state index in [1.807, 2.05) is 12.3 Å². The normalized spacial score (nSPS) is 19.9. The van der Waals surface area contributed by atoms with Gasteiger partial charge in [0.05, 0.1) is 5.92 Å². The van der Waals surface area contributed by atoms with Crippen LogP contribution < -0.4 is 0 Å². The zero-order valence-electron chi connectivity index (χ0n) is 9.45. The van der Waals surface area contributed by atoms with E-state index in [4.69, 9.17) is 5.11 Å². The monoisotopic (exact) mass is 237 g/mol. The van der Waals surface area contributed by atoms with Gasteiger partial charge in [0.15, 0.2) is 0 Å². The quantitative estimate of drug-likeness (QED) is 0.794. The molecule has 6 heteroatoms. The van der Waals surface area contributed by atoms with E-state index in [2.05, 4.69) is 5.10 Å². The molecule has 0 radical (unpaired) electrons. The topological polar surface area (TPSA) is 75.4 Å². The van der Waals surface area contributed by atoms with Gasteiger partial charge in [-0.25, -0.2) is 0 Å². The third-order valence-electron chi connectivity index (χ3n) is 2.94. The summed E-state index contributed by atoms with van der Waals surface area (Å²) in [6.45, 7) is 1.68. The summed E-state index contributed by atoms with van der Waals surface area (Å²) in [6, 6.07) is 1.85. The highest BCUT2D eigenvalue weighted by Gasteiger charge is 2.33. The Morgan fingerprint density at radius 1 is 1.53 bits per heavy atom. The second kappa shape index (κ2) is 4.99. The standard InChI is InChI=1S/C11H15N3O3/c15-10-7-9(11(16)17)8-13(10)4-2-6-14-5-1-3-12-14/h1,3,5,9H,2,4,6-8H2,(H,16,17). The number of aromatic nitrogens is 2. The van der Waals surface area contributed by atoms with Crippen LogP contribution in [0.15, 0.2) is 18.5 Å². The third-order valence-corrected chi connectivity index (χ3v) is 2.94. The summed E-state index contributed by atoms with van der Waals surface area (Å²) in [5.74, 6) is -1.47. The van der Waals surface area contributed by atoms with Crippen molar-refractivity contribution in [3.05, 3.63) is 18.5 Å². The van der Waals surface area contributed by atoms with Gasteiger partial charge in [-0.05, 0) is 12.5 Å². The third kappa shape index (κ3) is 2.83. The Balaban J connectivity index is 1.76. The maximum Gasteiger partial charge on any atom is 0.308 e. The fourth-order valence-electron chi connectivity index (χ4n) is 2.01. The average Bonchev–Trinajstić information content (AvgIpc) is 2.89. The summed E-state index contributed by atoms with van der Waals surface area (Å²) >= 11 is 0. The van der Waals surface area contributed by atoms with Crippen molar-refractivity contribution >= 4 is 11.9 Å². The number of carboxylic acid groups (broad SMARTS) is 1. The Labute approximate surface area is 98.8 Å². The Hall–Kier alpha value is -1.85. The molecule has 1 saturated heterocycles. The van der Waals surface area contributed by atoms with Crippen LogP contribution in [0.5, 0.6) is 0 Å². The number of aliphatic carboxylic acids is 1. The first-order valence-corrected chi connectivity index (χ1v) is 5.65. The van der Waals surface area contributed by atoms with E-state index in [9.17, 15) is 9.59 Å². The first-order valence-electron chi connectivity index (χ1n) is 5.65. The highest BCUT2D eigenvalue weighted by Crippen LogP contribution is 2.17. The van der Waals surface area contributed by atoms with Crippen LogP contribution in [0, 0.1) is 5.92 Å². The lowest BCUT2D eigenvalue weighted by molar-refractivity contribution is -0.141. The zero-order valence-corrected chi connectivity index (χ0v) is 9.45. The molecule has 2 heterocycles. The van der Waals surface area contributed by atoms with E-state index < -0.39 is 11.9 Å². The van der Waals surface area contributed by atoms with Gasteiger partial charge in [-0.3, -0.25) is 14.3 Å². The minimum Gasteiger partial charge on any atom is -0.481 e. The van der Waals surface area contributed by atoms with Crippen molar-refractivity contribution in [2.75, 3.05) is 13.1 Å². The summed E-state index contributed by atoms with van der Waals surface area (Å²) in [5, 5.41) is 12.9. The number of likely N-dealkylation sites (tertiary alicyclic amines) is 1. The number of amides is 1. The Kier molecular flexibility index (Phi) is 3.41. The van der Waals surface area contributed by atoms with Gasteiger partial charge in [0.1, 0.15) is 0 Å². The molecule has 1 aliphatic heterocycles. The van der Waals surface area contributed by atoms with E-state index in [0.717, 1.165) is 13.0 Å². The molecule has 2 rings (SSSR count). The molecule has 1 fully saturated rings. The molecule has 0 saturated carbocycles. The van der Waals surface area contributed by atoms with E-state index in [0.29, 0.717) is 13.1 Å². The summed E-state index contributed by atoms with van der Waals surface area (Å²) in [7, 11) is 0. The van der Waals surface area contributed by atoms with Gasteiger partial charge in [-0.2, -0.15) is 5.10 Å². The van der Waals surface area contributed by atoms with E-state index >= 15 is 0 Å². The van der Waals surface area contributed by atoms with E-state index in [-0.39, 0.29) is 12.3 Å². The molecule has 1 aromatic heterocycles. The molecule has 0 bridgehead atoms. The molecule has 0 aromatic carbocycles. The molecule has 0 aliphatic carbocycles. The Morgan fingerprint density at radius 3 is 2.94 bits per heavy atom. The zero-order chi connectivity index (χ0) is 12.3. The van der Waals surface area contributed by atoms with Crippen LogP contribution in [0.3, 0.4) is 0 Å². The smallest absolute Gasteiger partial charge is 0.308 e. The Morgan fingerprint density at radius 2 is 2.35 bits per heavy atom. The van der Waals surface area contributed by atoms with Gasteiger partial charge >= 0.3 is 5.97 Å². The maximum atomic E-state index is 11.5. The number of aryl methyl sites for hydroxylation is 1. The predicted molar refractivity (Wildman–Crippen MR) is 59.2 cm³/mol. The van der Waals surface area contributed by atoms with Crippen molar-refractivity contribution < 1.29 is 14.7 Å². The van der Waals surface area contributed by atoms with Crippen LogP contribution in [-0.4, -0.2) is 44.8 Å². The maximum absolute atomic E-state index is 11.5. The van der Waals surface area contributed by atoms with Crippen molar-refractivity contribution in [1.82, 2.24) is 14.7 Å². The minimum absolute atomic E-state index is 0.0575. The highest BCUT2D eigenvalue weighted by atomic mass is 16.4. The molecule has 17 heavy (non-hydrogen) atoms. The second-order valence-corrected chi connectivity index (χ2v) is 4.20. The molecule has 1 unspecified atom stereocenters. The number of carbonyl (C=O) groups is 2. The summed E-state index contributed by atoms with van der Waals surface area (Å²) < 4.78 is 1.80. The van der Waals surface area contributed by atoms with Crippen LogP contribution in [-0.2, 0) is 16.1 Å². The number of carboxylic acids is 1. The summed E-state index contributed by atoms with van der Waals surface area (Å²) in [5.41, 5.74) is 0. The average molecular weight is 237 g/mol. The van der Waals surface area contributed by atoms with Crippen LogP contribution >= 0.6 is 0 Å². The first kappa shape index (κ1) is 11.6. The van der Waals surface area contributed by atoms with Crippen molar-refractivity contribution in [2.24, 2.45) is 5.92 Å². The molecule has 1 N–H and O–H groups in total. The van der Waals surface area contributed by atoms with Crippen molar-refractivity contribution in [3.63, 3.8) is 0 Å². The first-order chi connectivity index (χ1) is 8.16. The SMILES string of the molecule is O=C(O)C1CC(=O)N(CCCn2cccn2)C1. The van der Waals surface area contributed by atoms with Crippen LogP contribution in [0.25, 0.3) is 0 Å². The van der Waals surface area contributed by atoms with Gasteiger partial charge in [-0.1, -0.05) is 0 Å². The number of hydrogen-bond donors (Lipinski definition) is 1. The van der Waals surface area contributed by atoms with E-state index in [1.54, 1.807) is 15.8 Å². The summed E-state index contributed by atoms with van der Waals surface area (Å²) in [6.07, 6.45) is 4.50. The molecule has 6 nitrogen and oxygen atoms in total. The molecular weight excluding hydrogens is 222 g/mol. The number of nitrogens with zero attached hydrogens (tertiary/aromatic N) is 3. The van der Waals surface area contributed by atoms with Crippen molar-refractivity contribution in [2.45, 2.75) is 19.4 Å². The van der Waals surface area contributed by atoms with Gasteiger partial charge in [-0.15, -0.1) is 0 Å². The van der Waals surface area contributed by atoms with Gasteiger partial charge in [0.25, 0.3) is 0 Å². The second-order valence-electron chi connectivity index (χ2n) is 4.20. The molecule has 1 amide bonds. The molecule has 0 spiro atoms. The fraction of sp³-hybridized carbons (Fsp3) is 0.545. The molecular formula is C11H15N3O3. The number of carbonyl (C=O) groups excluding carboxylic acids is 1. The Bertz CT molecular complexity index is 402. The van der Waals surface area contributed by atoms with Crippen LogP contribution in [0.2, 0.25) is 0 Å². The van der Waals surface area contributed by atoms with Crippen LogP contribution in [0.1, 0.15) is 12.8 Å². The van der Waals surface area contributed by atoms with Gasteiger partial charge in [0, 0.05) is 38.4 Å². The predicted octanol–water partition coefficient (Wildman–Crippen LogP) is 0.206. The van der Waals surface area contributed by atoms with Crippen molar-refractivity contribution in [3.8, 4) is 0 Å². The largest absolute Gasteiger partial charge is 0.481 e. The minimum atomic E-state index is -0.882. The molecule has 1 aromatic rings. The van der Waals surface area contributed by atoms with E-state index in [1.165, 1.54) is 0 Å². The number of hydrogen-bond acceptors (Lipinski definition) is 3. The van der Waals surface area contributed by atoms with Gasteiger partial charge < -0.3 is 10.0 Å². The molecule has 92 valence electrons.